The molecule has 0 saturated carbocycles. The lowest BCUT2D eigenvalue weighted by Gasteiger charge is -2.14. The monoisotopic (exact) mass is 234 g/mol. The average Bonchev–Trinajstić information content (AvgIpc) is 2.70. The molecule has 1 unspecified atom stereocenters. The second-order valence-electron chi connectivity index (χ2n) is 3.00. The fourth-order valence-corrected chi connectivity index (χ4v) is 2.28. The summed E-state index contributed by atoms with van der Waals surface area (Å²) >= 11 is 0. The normalized spacial score (nSPS) is 14.0. The van der Waals surface area contributed by atoms with Crippen molar-refractivity contribution in [2.24, 2.45) is 0 Å². The fourth-order valence-electron chi connectivity index (χ4n) is 1.09. The van der Waals surface area contributed by atoms with Crippen molar-refractivity contribution in [3.8, 4) is 0 Å². The van der Waals surface area contributed by atoms with Crippen LogP contribution in [-0.2, 0) is 14.8 Å². The van der Waals surface area contributed by atoms with Gasteiger partial charge in [-0.2, -0.15) is 0 Å². The molecular formula is C8H14N2O4S. The minimum Gasteiger partial charge on any atom is -0.395 e. The highest BCUT2D eigenvalue weighted by Gasteiger charge is 2.19. The van der Waals surface area contributed by atoms with E-state index < -0.39 is 16.1 Å². The number of aromatic amines is 1. The standard InChI is InChI=1S/C8H14N2O4S/c1-14-6-7(5-11)10-15(12,13)8-2-3-9-4-8/h2-4,7,9-11H,5-6H2,1H3. The van der Waals surface area contributed by atoms with E-state index in [2.05, 4.69) is 9.71 Å². The Kier molecular flexibility index (Phi) is 4.28. The van der Waals surface area contributed by atoms with E-state index >= 15 is 0 Å². The molecular weight excluding hydrogens is 220 g/mol. The van der Waals surface area contributed by atoms with Gasteiger partial charge in [0.15, 0.2) is 0 Å². The third-order valence-electron chi connectivity index (χ3n) is 1.79. The van der Waals surface area contributed by atoms with E-state index in [-0.39, 0.29) is 18.1 Å². The maximum atomic E-state index is 11.6. The number of methoxy groups -OCH3 is 1. The first kappa shape index (κ1) is 12.2. The Morgan fingerprint density at radius 3 is 2.87 bits per heavy atom. The third-order valence-corrected chi connectivity index (χ3v) is 3.31. The SMILES string of the molecule is COCC(CO)NS(=O)(=O)c1cc[nH]c1. The summed E-state index contributed by atoms with van der Waals surface area (Å²) in [5.41, 5.74) is 0. The first-order valence-electron chi connectivity index (χ1n) is 4.35. The summed E-state index contributed by atoms with van der Waals surface area (Å²) in [7, 11) is -2.13. The van der Waals surface area contributed by atoms with Gasteiger partial charge in [-0.05, 0) is 6.07 Å². The van der Waals surface area contributed by atoms with Gasteiger partial charge in [-0.15, -0.1) is 0 Å². The van der Waals surface area contributed by atoms with Gasteiger partial charge in [0.1, 0.15) is 0 Å². The molecule has 0 aliphatic heterocycles. The van der Waals surface area contributed by atoms with Crippen LogP contribution in [0.1, 0.15) is 0 Å². The summed E-state index contributed by atoms with van der Waals surface area (Å²) in [5.74, 6) is 0. The number of H-pyrrole nitrogens is 1. The smallest absolute Gasteiger partial charge is 0.242 e. The highest BCUT2D eigenvalue weighted by Crippen LogP contribution is 2.06. The van der Waals surface area contributed by atoms with Crippen LogP contribution in [0.3, 0.4) is 0 Å². The van der Waals surface area contributed by atoms with Crippen LogP contribution in [0.4, 0.5) is 0 Å². The van der Waals surface area contributed by atoms with Crippen LogP contribution in [0.15, 0.2) is 23.4 Å². The molecule has 0 saturated heterocycles. The number of hydrogen-bond acceptors (Lipinski definition) is 4. The Hall–Kier alpha value is -0.890. The van der Waals surface area contributed by atoms with Crippen molar-refractivity contribution in [1.82, 2.24) is 9.71 Å². The van der Waals surface area contributed by atoms with Gasteiger partial charge in [-0.25, -0.2) is 13.1 Å². The molecule has 0 aromatic carbocycles. The molecule has 0 bridgehead atoms. The quantitative estimate of drug-likeness (QED) is 0.607. The van der Waals surface area contributed by atoms with Crippen LogP contribution in [0.5, 0.6) is 0 Å². The second kappa shape index (κ2) is 5.26. The van der Waals surface area contributed by atoms with Crippen LogP contribution < -0.4 is 4.72 Å². The number of rotatable bonds is 6. The van der Waals surface area contributed by atoms with Gasteiger partial charge in [-0.3, -0.25) is 0 Å². The molecule has 0 fully saturated rings. The Bertz CT molecular complexity index is 373. The average molecular weight is 234 g/mol. The van der Waals surface area contributed by atoms with Crippen LogP contribution in [-0.4, -0.2) is 44.9 Å². The Morgan fingerprint density at radius 2 is 2.40 bits per heavy atom. The molecule has 0 aliphatic rings. The van der Waals surface area contributed by atoms with Gasteiger partial charge < -0.3 is 14.8 Å². The third kappa shape index (κ3) is 3.31. The Morgan fingerprint density at radius 1 is 1.67 bits per heavy atom. The first-order valence-corrected chi connectivity index (χ1v) is 5.83. The molecule has 1 rings (SSSR count). The van der Waals surface area contributed by atoms with Gasteiger partial charge in [-0.1, -0.05) is 0 Å². The predicted octanol–water partition coefficient (Wildman–Crippen LogP) is -0.700. The lowest BCUT2D eigenvalue weighted by atomic mass is 10.4. The van der Waals surface area contributed by atoms with E-state index in [4.69, 9.17) is 9.84 Å². The minimum atomic E-state index is -3.57. The number of sulfonamides is 1. The number of ether oxygens (including phenoxy) is 1. The van der Waals surface area contributed by atoms with E-state index in [1.54, 1.807) is 0 Å². The lowest BCUT2D eigenvalue weighted by Crippen LogP contribution is -2.40. The highest BCUT2D eigenvalue weighted by molar-refractivity contribution is 7.89. The zero-order valence-electron chi connectivity index (χ0n) is 8.30. The van der Waals surface area contributed by atoms with Crippen LogP contribution in [0, 0.1) is 0 Å². The van der Waals surface area contributed by atoms with E-state index in [9.17, 15) is 8.42 Å². The zero-order chi connectivity index (χ0) is 11.3. The lowest BCUT2D eigenvalue weighted by molar-refractivity contribution is 0.139. The van der Waals surface area contributed by atoms with E-state index in [1.165, 1.54) is 25.6 Å². The highest BCUT2D eigenvalue weighted by atomic mass is 32.2. The van der Waals surface area contributed by atoms with Crippen molar-refractivity contribution in [2.75, 3.05) is 20.3 Å². The van der Waals surface area contributed by atoms with Gasteiger partial charge in [0.25, 0.3) is 0 Å². The molecule has 3 N–H and O–H groups in total. The second-order valence-corrected chi connectivity index (χ2v) is 4.72. The first-order chi connectivity index (χ1) is 7.10. The van der Waals surface area contributed by atoms with Crippen molar-refractivity contribution in [3.05, 3.63) is 18.5 Å². The molecule has 0 radical (unpaired) electrons. The van der Waals surface area contributed by atoms with E-state index in [1.807, 2.05) is 0 Å². The van der Waals surface area contributed by atoms with E-state index in [0.717, 1.165) is 0 Å². The molecule has 7 heteroatoms. The van der Waals surface area contributed by atoms with Crippen LogP contribution >= 0.6 is 0 Å². The molecule has 1 heterocycles. The Labute approximate surface area is 88.3 Å². The summed E-state index contributed by atoms with van der Waals surface area (Å²) in [6, 6.07) is 0.804. The summed E-state index contributed by atoms with van der Waals surface area (Å²) in [6.45, 7) is -0.183. The summed E-state index contributed by atoms with van der Waals surface area (Å²) < 4.78 is 30.4. The van der Waals surface area contributed by atoms with Gasteiger partial charge in [0.2, 0.25) is 10.0 Å². The number of hydrogen-bond donors (Lipinski definition) is 3. The number of aromatic nitrogens is 1. The molecule has 86 valence electrons. The van der Waals surface area contributed by atoms with E-state index in [0.29, 0.717) is 0 Å². The van der Waals surface area contributed by atoms with Gasteiger partial charge in [0, 0.05) is 19.5 Å². The molecule has 0 amide bonds. The zero-order valence-corrected chi connectivity index (χ0v) is 9.12. The van der Waals surface area contributed by atoms with Crippen LogP contribution in [0.2, 0.25) is 0 Å². The molecule has 0 spiro atoms. The molecule has 1 aromatic heterocycles. The summed E-state index contributed by atoms with van der Waals surface area (Å²) in [5, 5.41) is 8.90. The predicted molar refractivity (Wildman–Crippen MR) is 53.9 cm³/mol. The minimum absolute atomic E-state index is 0.125. The van der Waals surface area contributed by atoms with Crippen molar-refractivity contribution in [2.45, 2.75) is 10.9 Å². The largest absolute Gasteiger partial charge is 0.395 e. The molecule has 1 aromatic rings. The Balaban J connectivity index is 2.72. The van der Waals surface area contributed by atoms with Crippen molar-refractivity contribution in [1.29, 1.82) is 0 Å². The maximum absolute atomic E-state index is 11.6. The van der Waals surface area contributed by atoms with Crippen molar-refractivity contribution in [3.63, 3.8) is 0 Å². The number of aliphatic hydroxyl groups excluding tert-OH is 1. The molecule has 6 nitrogen and oxygen atoms in total. The molecule has 1 atom stereocenters. The number of aliphatic hydroxyl groups is 1. The summed E-state index contributed by atoms with van der Waals surface area (Å²) in [4.78, 5) is 2.78. The topological polar surface area (TPSA) is 91.4 Å². The van der Waals surface area contributed by atoms with Gasteiger partial charge >= 0.3 is 0 Å². The number of nitrogens with one attached hydrogen (secondary N) is 2. The maximum Gasteiger partial charge on any atom is 0.242 e. The van der Waals surface area contributed by atoms with Gasteiger partial charge in [0.05, 0.1) is 24.2 Å². The summed E-state index contributed by atoms with van der Waals surface area (Å²) in [6.07, 6.45) is 2.88. The molecule has 0 aliphatic carbocycles. The van der Waals surface area contributed by atoms with Crippen molar-refractivity contribution >= 4 is 10.0 Å². The molecule has 15 heavy (non-hydrogen) atoms. The fraction of sp³-hybridized carbons (Fsp3) is 0.500. The van der Waals surface area contributed by atoms with Crippen molar-refractivity contribution < 1.29 is 18.3 Å². The van der Waals surface area contributed by atoms with Crippen LogP contribution in [0.25, 0.3) is 0 Å².